The lowest BCUT2D eigenvalue weighted by Crippen LogP contribution is -2.38. The van der Waals surface area contributed by atoms with Crippen LogP contribution in [0.15, 0.2) is 6.20 Å². The summed E-state index contributed by atoms with van der Waals surface area (Å²) in [5, 5.41) is 0. The fourth-order valence-electron chi connectivity index (χ4n) is 2.27. The average molecular weight is 250 g/mol. The lowest BCUT2D eigenvalue weighted by atomic mass is 10.1. The van der Waals surface area contributed by atoms with E-state index >= 15 is 0 Å². The first-order chi connectivity index (χ1) is 8.49. The van der Waals surface area contributed by atoms with Crippen LogP contribution in [0.5, 0.6) is 0 Å². The maximum absolute atomic E-state index is 5.73. The summed E-state index contributed by atoms with van der Waals surface area (Å²) < 4.78 is 0. The summed E-state index contributed by atoms with van der Waals surface area (Å²) >= 11 is 0. The van der Waals surface area contributed by atoms with E-state index in [-0.39, 0.29) is 0 Å². The second-order valence-corrected chi connectivity index (χ2v) is 5.25. The van der Waals surface area contributed by atoms with E-state index in [1.165, 1.54) is 0 Å². The van der Waals surface area contributed by atoms with Gasteiger partial charge in [0.25, 0.3) is 0 Å². The standard InChI is InChI=1S/C14H26N4/c1-6-12(7-2)18(9-10(3)4)13-11(5)8-16-14(15)17-13/h8,10,12H,6-7,9H2,1-5H3,(H2,15,16,17). The number of hydrogen-bond donors (Lipinski definition) is 1. The van der Waals surface area contributed by atoms with Crippen molar-refractivity contribution in [1.82, 2.24) is 9.97 Å². The molecule has 0 aliphatic carbocycles. The van der Waals surface area contributed by atoms with Crippen LogP contribution in [0.3, 0.4) is 0 Å². The van der Waals surface area contributed by atoms with E-state index < -0.39 is 0 Å². The van der Waals surface area contributed by atoms with Crippen LogP contribution in [-0.4, -0.2) is 22.6 Å². The quantitative estimate of drug-likeness (QED) is 0.843. The van der Waals surface area contributed by atoms with Gasteiger partial charge in [-0.15, -0.1) is 0 Å². The van der Waals surface area contributed by atoms with E-state index in [4.69, 9.17) is 5.73 Å². The zero-order valence-corrected chi connectivity index (χ0v) is 12.3. The van der Waals surface area contributed by atoms with E-state index in [1.54, 1.807) is 0 Å². The molecule has 0 bridgehead atoms. The molecule has 0 spiro atoms. The first-order valence-corrected chi connectivity index (χ1v) is 6.85. The second kappa shape index (κ2) is 6.57. The minimum Gasteiger partial charge on any atom is -0.368 e. The molecule has 2 N–H and O–H groups in total. The predicted molar refractivity (Wildman–Crippen MR) is 77.7 cm³/mol. The summed E-state index contributed by atoms with van der Waals surface area (Å²) in [5.74, 6) is 1.95. The Bertz CT molecular complexity index is 372. The van der Waals surface area contributed by atoms with E-state index in [9.17, 15) is 0 Å². The lowest BCUT2D eigenvalue weighted by molar-refractivity contribution is 0.502. The van der Waals surface area contributed by atoms with Crippen LogP contribution in [0.1, 0.15) is 46.1 Å². The van der Waals surface area contributed by atoms with Crippen molar-refractivity contribution < 1.29 is 0 Å². The Morgan fingerprint density at radius 3 is 2.39 bits per heavy atom. The lowest BCUT2D eigenvalue weighted by Gasteiger charge is -2.34. The molecule has 0 aromatic carbocycles. The Kier molecular flexibility index (Phi) is 5.38. The zero-order valence-electron chi connectivity index (χ0n) is 12.3. The van der Waals surface area contributed by atoms with Crippen LogP contribution in [0.4, 0.5) is 11.8 Å². The molecule has 0 aliphatic heterocycles. The number of nitrogens with zero attached hydrogens (tertiary/aromatic N) is 3. The fourth-order valence-corrected chi connectivity index (χ4v) is 2.27. The minimum absolute atomic E-state index is 0.357. The number of aromatic nitrogens is 2. The Hall–Kier alpha value is -1.32. The third-order valence-electron chi connectivity index (χ3n) is 3.18. The summed E-state index contributed by atoms with van der Waals surface area (Å²) in [4.78, 5) is 10.9. The van der Waals surface area contributed by atoms with Gasteiger partial charge in [-0.25, -0.2) is 4.98 Å². The number of rotatable bonds is 6. The van der Waals surface area contributed by atoms with Crippen molar-refractivity contribution in [2.45, 2.75) is 53.5 Å². The molecule has 0 fully saturated rings. The highest BCUT2D eigenvalue weighted by Crippen LogP contribution is 2.23. The van der Waals surface area contributed by atoms with Crippen LogP contribution in [0, 0.1) is 12.8 Å². The summed E-state index contributed by atoms with van der Waals surface area (Å²) in [6.07, 6.45) is 4.05. The van der Waals surface area contributed by atoms with Crippen LogP contribution < -0.4 is 10.6 Å². The molecule has 4 heteroatoms. The molecule has 4 nitrogen and oxygen atoms in total. The van der Waals surface area contributed by atoms with Crippen LogP contribution in [-0.2, 0) is 0 Å². The van der Waals surface area contributed by atoms with Gasteiger partial charge in [-0.2, -0.15) is 4.98 Å². The van der Waals surface area contributed by atoms with E-state index in [0.29, 0.717) is 17.9 Å². The molecule has 1 aromatic rings. The smallest absolute Gasteiger partial charge is 0.221 e. The highest BCUT2D eigenvalue weighted by Gasteiger charge is 2.20. The normalized spacial score (nSPS) is 11.3. The molecule has 0 saturated carbocycles. The van der Waals surface area contributed by atoms with Gasteiger partial charge in [-0.1, -0.05) is 27.7 Å². The Labute approximate surface area is 111 Å². The number of hydrogen-bond acceptors (Lipinski definition) is 4. The zero-order chi connectivity index (χ0) is 13.7. The first-order valence-electron chi connectivity index (χ1n) is 6.85. The maximum Gasteiger partial charge on any atom is 0.221 e. The van der Waals surface area contributed by atoms with E-state index in [2.05, 4.69) is 42.6 Å². The van der Waals surface area contributed by atoms with E-state index in [0.717, 1.165) is 30.8 Å². The van der Waals surface area contributed by atoms with Gasteiger partial charge in [-0.3, -0.25) is 0 Å². The van der Waals surface area contributed by atoms with Gasteiger partial charge >= 0.3 is 0 Å². The largest absolute Gasteiger partial charge is 0.368 e. The van der Waals surface area contributed by atoms with Gasteiger partial charge < -0.3 is 10.6 Å². The minimum atomic E-state index is 0.357. The molecule has 0 radical (unpaired) electrons. The van der Waals surface area contributed by atoms with Gasteiger partial charge in [0.1, 0.15) is 5.82 Å². The summed E-state index contributed by atoms with van der Waals surface area (Å²) in [6.45, 7) is 12.0. The van der Waals surface area contributed by atoms with Gasteiger partial charge in [-0.05, 0) is 25.7 Å². The molecule has 1 rings (SSSR count). The maximum atomic E-state index is 5.73. The molecule has 102 valence electrons. The van der Waals surface area contributed by atoms with Crippen molar-refractivity contribution in [1.29, 1.82) is 0 Å². The highest BCUT2D eigenvalue weighted by molar-refractivity contribution is 5.48. The molecule has 0 saturated heterocycles. The van der Waals surface area contributed by atoms with Crippen molar-refractivity contribution >= 4 is 11.8 Å². The molecule has 0 atom stereocenters. The Balaban J connectivity index is 3.11. The molecular formula is C14H26N4. The third-order valence-corrected chi connectivity index (χ3v) is 3.18. The molecule has 0 amide bonds. The van der Waals surface area contributed by atoms with Gasteiger partial charge in [0, 0.05) is 24.3 Å². The summed E-state index contributed by atoms with van der Waals surface area (Å²) in [5.41, 5.74) is 6.82. The Morgan fingerprint density at radius 2 is 1.89 bits per heavy atom. The molecule has 1 aromatic heterocycles. The predicted octanol–water partition coefficient (Wildman–Crippen LogP) is 3.02. The van der Waals surface area contributed by atoms with Crippen LogP contribution in [0.25, 0.3) is 0 Å². The molecule has 0 aliphatic rings. The highest BCUT2D eigenvalue weighted by atomic mass is 15.2. The topological polar surface area (TPSA) is 55.0 Å². The fraction of sp³-hybridized carbons (Fsp3) is 0.714. The van der Waals surface area contributed by atoms with Crippen LogP contribution in [0.2, 0.25) is 0 Å². The van der Waals surface area contributed by atoms with Crippen molar-refractivity contribution in [3.05, 3.63) is 11.8 Å². The molecular weight excluding hydrogens is 224 g/mol. The molecule has 1 heterocycles. The van der Waals surface area contributed by atoms with Crippen LogP contribution >= 0.6 is 0 Å². The van der Waals surface area contributed by atoms with Gasteiger partial charge in [0.2, 0.25) is 5.95 Å². The Morgan fingerprint density at radius 1 is 1.28 bits per heavy atom. The van der Waals surface area contributed by atoms with Crippen molar-refractivity contribution in [3.63, 3.8) is 0 Å². The number of nitrogens with two attached hydrogens (primary N) is 1. The third kappa shape index (κ3) is 3.59. The van der Waals surface area contributed by atoms with Gasteiger partial charge in [0.15, 0.2) is 0 Å². The summed E-state index contributed by atoms with van der Waals surface area (Å²) in [6, 6.07) is 0.514. The molecule has 18 heavy (non-hydrogen) atoms. The number of nitrogen functional groups attached to an aromatic ring is 1. The number of aryl methyl sites for hydroxylation is 1. The second-order valence-electron chi connectivity index (χ2n) is 5.25. The van der Waals surface area contributed by atoms with Crippen molar-refractivity contribution in [2.75, 3.05) is 17.2 Å². The van der Waals surface area contributed by atoms with Crippen molar-refractivity contribution in [3.8, 4) is 0 Å². The first kappa shape index (κ1) is 14.7. The molecule has 0 unspecified atom stereocenters. The monoisotopic (exact) mass is 250 g/mol. The van der Waals surface area contributed by atoms with Crippen molar-refractivity contribution in [2.24, 2.45) is 5.92 Å². The number of anilines is 2. The summed E-state index contributed by atoms with van der Waals surface area (Å²) in [7, 11) is 0. The van der Waals surface area contributed by atoms with Gasteiger partial charge in [0.05, 0.1) is 0 Å². The van der Waals surface area contributed by atoms with E-state index in [1.807, 2.05) is 13.1 Å². The average Bonchev–Trinajstić information content (AvgIpc) is 2.32. The SMILES string of the molecule is CCC(CC)N(CC(C)C)c1nc(N)ncc1C.